The van der Waals surface area contributed by atoms with Crippen LogP contribution >= 0.6 is 23.2 Å². The maximum Gasteiger partial charge on any atom is 0.253 e. The lowest BCUT2D eigenvalue weighted by Crippen LogP contribution is -2.47. The van der Waals surface area contributed by atoms with Crippen LogP contribution in [0.15, 0.2) is 42.5 Å². The summed E-state index contributed by atoms with van der Waals surface area (Å²) in [6.07, 6.45) is 1.31. The first-order valence-electron chi connectivity index (χ1n) is 9.74. The zero-order valence-corrected chi connectivity index (χ0v) is 18.3. The molecule has 0 aromatic heterocycles. The first kappa shape index (κ1) is 22.1. The summed E-state index contributed by atoms with van der Waals surface area (Å²) in [5.41, 5.74) is 1.42. The Balaban J connectivity index is 1.72. The van der Waals surface area contributed by atoms with Crippen LogP contribution in [-0.4, -0.2) is 30.3 Å². The monoisotopic (exact) mass is 447 g/mol. The van der Waals surface area contributed by atoms with Crippen LogP contribution in [0.1, 0.15) is 37.0 Å². The molecule has 0 aliphatic carbocycles. The van der Waals surface area contributed by atoms with Gasteiger partial charge in [0.15, 0.2) is 0 Å². The highest BCUT2D eigenvalue weighted by molar-refractivity contribution is 6.34. The van der Waals surface area contributed by atoms with E-state index in [9.17, 15) is 14.4 Å². The second-order valence-corrected chi connectivity index (χ2v) is 8.29. The summed E-state index contributed by atoms with van der Waals surface area (Å²) < 4.78 is 0. The van der Waals surface area contributed by atoms with Crippen molar-refractivity contribution in [1.29, 1.82) is 0 Å². The van der Waals surface area contributed by atoms with Gasteiger partial charge in [-0.05, 0) is 42.7 Å². The minimum absolute atomic E-state index is 0.0378. The molecule has 2 aromatic rings. The van der Waals surface area contributed by atoms with Crippen LogP contribution < -0.4 is 15.5 Å². The number of benzene rings is 2. The topological polar surface area (TPSA) is 78.5 Å². The van der Waals surface area contributed by atoms with Crippen molar-refractivity contribution in [3.05, 3.63) is 58.1 Å². The van der Waals surface area contributed by atoms with Crippen LogP contribution in [-0.2, 0) is 9.59 Å². The zero-order valence-electron chi connectivity index (χ0n) is 16.7. The highest BCUT2D eigenvalue weighted by atomic mass is 35.5. The fraction of sp³-hybridized carbons (Fsp3) is 0.318. The van der Waals surface area contributed by atoms with Crippen molar-refractivity contribution in [3.63, 3.8) is 0 Å². The van der Waals surface area contributed by atoms with Crippen molar-refractivity contribution >= 4 is 52.3 Å². The number of amides is 3. The van der Waals surface area contributed by atoms with E-state index < -0.39 is 11.9 Å². The first-order chi connectivity index (χ1) is 14.3. The first-order valence-corrected chi connectivity index (χ1v) is 10.5. The SMILES string of the molecule is CC(C)[C@@H](NC(=O)c1ccccc1Cl)C(=O)Nc1ccc(N2CCCC2=O)c(Cl)c1. The molecule has 30 heavy (non-hydrogen) atoms. The van der Waals surface area contributed by atoms with Crippen LogP contribution in [0.5, 0.6) is 0 Å². The molecule has 2 N–H and O–H groups in total. The number of nitrogens with zero attached hydrogens (tertiary/aromatic N) is 1. The summed E-state index contributed by atoms with van der Waals surface area (Å²) >= 11 is 12.4. The van der Waals surface area contributed by atoms with Gasteiger partial charge in [0.25, 0.3) is 5.91 Å². The van der Waals surface area contributed by atoms with Gasteiger partial charge in [0.2, 0.25) is 11.8 Å². The Kier molecular flexibility index (Phi) is 7.00. The molecular weight excluding hydrogens is 425 g/mol. The van der Waals surface area contributed by atoms with Gasteiger partial charge in [-0.3, -0.25) is 14.4 Å². The maximum absolute atomic E-state index is 12.8. The zero-order chi connectivity index (χ0) is 21.8. The van der Waals surface area contributed by atoms with Crippen molar-refractivity contribution < 1.29 is 14.4 Å². The van der Waals surface area contributed by atoms with E-state index in [0.29, 0.717) is 39.9 Å². The Morgan fingerprint density at radius 3 is 2.40 bits per heavy atom. The largest absolute Gasteiger partial charge is 0.340 e. The molecule has 0 spiro atoms. The fourth-order valence-electron chi connectivity index (χ4n) is 3.33. The molecule has 1 atom stereocenters. The van der Waals surface area contributed by atoms with E-state index in [-0.39, 0.29) is 17.7 Å². The van der Waals surface area contributed by atoms with E-state index in [0.717, 1.165) is 6.42 Å². The number of rotatable bonds is 6. The fourth-order valence-corrected chi connectivity index (χ4v) is 3.83. The number of anilines is 2. The van der Waals surface area contributed by atoms with E-state index in [4.69, 9.17) is 23.2 Å². The molecule has 158 valence electrons. The number of hydrogen-bond acceptors (Lipinski definition) is 3. The van der Waals surface area contributed by atoms with Gasteiger partial charge >= 0.3 is 0 Å². The van der Waals surface area contributed by atoms with Gasteiger partial charge in [-0.1, -0.05) is 49.2 Å². The predicted molar refractivity (Wildman–Crippen MR) is 119 cm³/mol. The molecule has 0 saturated carbocycles. The predicted octanol–water partition coefficient (Wildman–Crippen LogP) is 4.51. The second-order valence-electron chi connectivity index (χ2n) is 7.48. The minimum atomic E-state index is -0.771. The van der Waals surface area contributed by atoms with E-state index in [1.54, 1.807) is 47.4 Å². The minimum Gasteiger partial charge on any atom is -0.340 e. The smallest absolute Gasteiger partial charge is 0.253 e. The van der Waals surface area contributed by atoms with Crippen LogP contribution in [0.2, 0.25) is 10.0 Å². The Bertz CT molecular complexity index is 978. The Morgan fingerprint density at radius 2 is 1.80 bits per heavy atom. The third-order valence-corrected chi connectivity index (χ3v) is 5.57. The summed E-state index contributed by atoms with van der Waals surface area (Å²) in [5, 5.41) is 6.23. The van der Waals surface area contributed by atoms with Crippen molar-refractivity contribution in [2.45, 2.75) is 32.7 Å². The van der Waals surface area contributed by atoms with Gasteiger partial charge in [0, 0.05) is 18.7 Å². The van der Waals surface area contributed by atoms with Crippen molar-refractivity contribution in [3.8, 4) is 0 Å². The van der Waals surface area contributed by atoms with Crippen molar-refractivity contribution in [2.75, 3.05) is 16.8 Å². The standard InChI is InChI=1S/C22H23Cl2N3O3/c1-13(2)20(26-21(29)15-6-3-4-7-16(15)23)22(30)25-14-9-10-18(17(24)12-14)27-11-5-8-19(27)28/h3-4,6-7,9-10,12-13,20H,5,8,11H2,1-2H3,(H,25,30)(H,26,29)/t20-/m1/s1. The van der Waals surface area contributed by atoms with Gasteiger partial charge in [0.05, 0.1) is 21.3 Å². The van der Waals surface area contributed by atoms with Gasteiger partial charge in [-0.2, -0.15) is 0 Å². The summed E-state index contributed by atoms with van der Waals surface area (Å²) in [6, 6.07) is 10.9. The van der Waals surface area contributed by atoms with Crippen molar-refractivity contribution in [1.82, 2.24) is 5.32 Å². The summed E-state index contributed by atoms with van der Waals surface area (Å²) in [5.74, 6) is -0.911. The van der Waals surface area contributed by atoms with Gasteiger partial charge in [-0.25, -0.2) is 0 Å². The molecule has 1 fully saturated rings. The van der Waals surface area contributed by atoms with Crippen LogP contribution in [0.25, 0.3) is 0 Å². The van der Waals surface area contributed by atoms with Gasteiger partial charge in [-0.15, -0.1) is 0 Å². The van der Waals surface area contributed by atoms with E-state index >= 15 is 0 Å². The molecular formula is C22H23Cl2N3O3. The quantitative estimate of drug-likeness (QED) is 0.683. The van der Waals surface area contributed by atoms with Gasteiger partial charge in [0.1, 0.15) is 6.04 Å². The molecule has 0 unspecified atom stereocenters. The molecule has 1 aliphatic heterocycles. The van der Waals surface area contributed by atoms with Crippen LogP contribution in [0, 0.1) is 5.92 Å². The summed E-state index contributed by atoms with van der Waals surface area (Å²) in [7, 11) is 0. The maximum atomic E-state index is 12.8. The molecule has 2 aromatic carbocycles. The molecule has 0 radical (unpaired) electrons. The third kappa shape index (κ3) is 4.94. The number of halogens is 2. The molecule has 1 aliphatic rings. The van der Waals surface area contributed by atoms with Crippen LogP contribution in [0.3, 0.4) is 0 Å². The number of carbonyl (C=O) groups is 3. The number of carbonyl (C=O) groups excluding carboxylic acids is 3. The second kappa shape index (κ2) is 9.49. The Labute approximate surface area is 185 Å². The normalized spacial score (nSPS) is 14.7. The summed E-state index contributed by atoms with van der Waals surface area (Å²) in [4.78, 5) is 39.0. The molecule has 1 saturated heterocycles. The average molecular weight is 448 g/mol. The molecule has 3 amide bonds. The van der Waals surface area contributed by atoms with E-state index in [2.05, 4.69) is 10.6 Å². The number of hydrogen-bond donors (Lipinski definition) is 2. The molecule has 0 bridgehead atoms. The lowest BCUT2D eigenvalue weighted by Gasteiger charge is -2.23. The highest BCUT2D eigenvalue weighted by Crippen LogP contribution is 2.31. The third-order valence-electron chi connectivity index (χ3n) is 4.93. The summed E-state index contributed by atoms with van der Waals surface area (Å²) in [6.45, 7) is 4.31. The van der Waals surface area contributed by atoms with Crippen LogP contribution in [0.4, 0.5) is 11.4 Å². The lowest BCUT2D eigenvalue weighted by molar-refractivity contribution is -0.119. The molecule has 1 heterocycles. The molecule has 8 heteroatoms. The Morgan fingerprint density at radius 1 is 1.07 bits per heavy atom. The molecule has 6 nitrogen and oxygen atoms in total. The van der Waals surface area contributed by atoms with E-state index in [1.165, 1.54) is 0 Å². The van der Waals surface area contributed by atoms with Gasteiger partial charge < -0.3 is 15.5 Å². The highest BCUT2D eigenvalue weighted by Gasteiger charge is 2.27. The Hall–Kier alpha value is -2.57. The lowest BCUT2D eigenvalue weighted by atomic mass is 10.0. The molecule has 3 rings (SSSR count). The average Bonchev–Trinajstić information content (AvgIpc) is 3.11. The van der Waals surface area contributed by atoms with E-state index in [1.807, 2.05) is 13.8 Å². The number of nitrogens with one attached hydrogen (secondary N) is 2. The van der Waals surface area contributed by atoms with Crippen molar-refractivity contribution in [2.24, 2.45) is 5.92 Å².